The van der Waals surface area contributed by atoms with E-state index in [2.05, 4.69) is 0 Å². The van der Waals surface area contributed by atoms with Crippen molar-refractivity contribution in [3.63, 3.8) is 0 Å². The van der Waals surface area contributed by atoms with E-state index in [-0.39, 0.29) is 5.97 Å². The van der Waals surface area contributed by atoms with E-state index in [9.17, 15) is 4.79 Å². The summed E-state index contributed by atoms with van der Waals surface area (Å²) < 4.78 is 5.27. The van der Waals surface area contributed by atoms with Crippen LogP contribution in [0, 0.1) is 0 Å². The summed E-state index contributed by atoms with van der Waals surface area (Å²) in [5, 5.41) is 0. The van der Waals surface area contributed by atoms with Gasteiger partial charge in [0.2, 0.25) is 0 Å². The Bertz CT molecular complexity index is 252. The second kappa shape index (κ2) is 4.72. The maximum absolute atomic E-state index is 11.8. The largest absolute Gasteiger partial charge is 0.459 e. The van der Waals surface area contributed by atoms with Crippen LogP contribution in [0.15, 0.2) is 0 Å². The highest BCUT2D eigenvalue weighted by atomic mass is 16.6. The molecule has 1 aliphatic rings. The quantitative estimate of drug-likeness (QED) is 0.699. The van der Waals surface area contributed by atoms with Crippen LogP contribution in [0.3, 0.4) is 0 Å². The monoisotopic (exact) mass is 228 g/mol. The molecular formula is C12H24N2O2. The molecule has 0 aromatic carbocycles. The van der Waals surface area contributed by atoms with Gasteiger partial charge in [-0.2, -0.15) is 0 Å². The van der Waals surface area contributed by atoms with E-state index < -0.39 is 17.2 Å². The fourth-order valence-electron chi connectivity index (χ4n) is 2.12. The molecule has 0 aliphatic heterocycles. The summed E-state index contributed by atoms with van der Waals surface area (Å²) in [7, 11) is 0. The van der Waals surface area contributed by atoms with Crippen molar-refractivity contribution in [2.75, 3.05) is 0 Å². The second-order valence-electron chi connectivity index (χ2n) is 5.80. The maximum atomic E-state index is 11.8. The Balaban J connectivity index is 2.61. The minimum Gasteiger partial charge on any atom is -0.459 e. The van der Waals surface area contributed by atoms with Gasteiger partial charge in [0, 0.05) is 5.54 Å². The molecule has 0 radical (unpaired) electrons. The Kier molecular flexibility index (Phi) is 3.97. The zero-order valence-corrected chi connectivity index (χ0v) is 10.6. The van der Waals surface area contributed by atoms with Crippen molar-refractivity contribution >= 4 is 5.97 Å². The SMILES string of the molecule is CC(C)(C)OC(=O)C(N)C1(N)CCCCC1. The topological polar surface area (TPSA) is 78.3 Å². The molecule has 0 heterocycles. The maximum Gasteiger partial charge on any atom is 0.325 e. The Morgan fingerprint density at radius 2 is 1.75 bits per heavy atom. The van der Waals surface area contributed by atoms with Crippen molar-refractivity contribution in [3.8, 4) is 0 Å². The van der Waals surface area contributed by atoms with Gasteiger partial charge in [-0.3, -0.25) is 4.79 Å². The summed E-state index contributed by atoms with van der Waals surface area (Å²) in [5.41, 5.74) is 11.1. The third-order valence-electron chi connectivity index (χ3n) is 3.06. The summed E-state index contributed by atoms with van der Waals surface area (Å²) >= 11 is 0. The van der Waals surface area contributed by atoms with Crippen molar-refractivity contribution in [2.45, 2.75) is 70.1 Å². The zero-order chi connectivity index (χ0) is 12.4. The van der Waals surface area contributed by atoms with Gasteiger partial charge in [-0.15, -0.1) is 0 Å². The Labute approximate surface area is 97.7 Å². The second-order valence-corrected chi connectivity index (χ2v) is 5.80. The van der Waals surface area contributed by atoms with Gasteiger partial charge in [0.25, 0.3) is 0 Å². The number of nitrogens with two attached hydrogens (primary N) is 2. The predicted octanol–water partition coefficient (Wildman–Crippen LogP) is 1.32. The fourth-order valence-corrected chi connectivity index (χ4v) is 2.12. The summed E-state index contributed by atoms with van der Waals surface area (Å²) in [5.74, 6) is -0.378. The summed E-state index contributed by atoms with van der Waals surface area (Å²) in [4.78, 5) is 11.8. The molecule has 4 nitrogen and oxygen atoms in total. The number of ether oxygens (including phenoxy) is 1. The average Bonchev–Trinajstić information content (AvgIpc) is 2.15. The summed E-state index contributed by atoms with van der Waals surface area (Å²) in [6, 6.07) is -0.702. The van der Waals surface area contributed by atoms with Crippen LogP contribution in [-0.2, 0) is 9.53 Å². The van der Waals surface area contributed by atoms with E-state index in [4.69, 9.17) is 16.2 Å². The molecule has 4 heteroatoms. The van der Waals surface area contributed by atoms with Gasteiger partial charge < -0.3 is 16.2 Å². The predicted molar refractivity (Wildman–Crippen MR) is 63.8 cm³/mol. The van der Waals surface area contributed by atoms with Crippen LogP contribution in [0.4, 0.5) is 0 Å². The van der Waals surface area contributed by atoms with Gasteiger partial charge in [-0.25, -0.2) is 0 Å². The highest BCUT2D eigenvalue weighted by Gasteiger charge is 2.40. The lowest BCUT2D eigenvalue weighted by molar-refractivity contribution is -0.158. The van der Waals surface area contributed by atoms with E-state index >= 15 is 0 Å². The molecule has 16 heavy (non-hydrogen) atoms. The van der Waals surface area contributed by atoms with Gasteiger partial charge in [-0.1, -0.05) is 19.3 Å². The van der Waals surface area contributed by atoms with Crippen LogP contribution in [0.1, 0.15) is 52.9 Å². The van der Waals surface area contributed by atoms with Crippen molar-refractivity contribution in [2.24, 2.45) is 11.5 Å². The molecular weight excluding hydrogens is 204 g/mol. The van der Waals surface area contributed by atoms with Crippen LogP contribution in [0.5, 0.6) is 0 Å². The average molecular weight is 228 g/mol. The van der Waals surface area contributed by atoms with Crippen LogP contribution < -0.4 is 11.5 Å². The molecule has 0 aromatic rings. The van der Waals surface area contributed by atoms with Crippen LogP contribution in [-0.4, -0.2) is 23.2 Å². The van der Waals surface area contributed by atoms with Gasteiger partial charge in [0.15, 0.2) is 0 Å². The first-order chi connectivity index (χ1) is 7.25. The smallest absolute Gasteiger partial charge is 0.325 e. The van der Waals surface area contributed by atoms with Crippen LogP contribution in [0.25, 0.3) is 0 Å². The molecule has 0 saturated heterocycles. The van der Waals surface area contributed by atoms with Crippen LogP contribution in [0.2, 0.25) is 0 Å². The van der Waals surface area contributed by atoms with Crippen molar-refractivity contribution in [1.82, 2.24) is 0 Å². The standard InChI is InChI=1S/C12H24N2O2/c1-11(2,3)16-10(15)9(13)12(14)7-5-4-6-8-12/h9H,4-8,13-14H2,1-3H3. The van der Waals surface area contributed by atoms with E-state index in [1.165, 1.54) is 6.42 Å². The molecule has 1 fully saturated rings. The van der Waals surface area contributed by atoms with Gasteiger partial charge >= 0.3 is 5.97 Å². The molecule has 0 bridgehead atoms. The van der Waals surface area contributed by atoms with Crippen molar-refractivity contribution in [1.29, 1.82) is 0 Å². The Morgan fingerprint density at radius 1 is 1.25 bits per heavy atom. The normalized spacial score (nSPS) is 22.6. The number of hydrogen-bond acceptors (Lipinski definition) is 4. The van der Waals surface area contributed by atoms with Crippen molar-refractivity contribution in [3.05, 3.63) is 0 Å². The highest BCUT2D eigenvalue weighted by molar-refractivity contribution is 5.77. The number of rotatable bonds is 2. The third kappa shape index (κ3) is 3.46. The first-order valence-corrected chi connectivity index (χ1v) is 6.02. The Hall–Kier alpha value is -0.610. The van der Waals surface area contributed by atoms with E-state index in [0.29, 0.717) is 0 Å². The number of carbonyl (C=O) groups excluding carboxylic acids is 1. The molecule has 1 unspecified atom stereocenters. The molecule has 0 spiro atoms. The summed E-state index contributed by atoms with van der Waals surface area (Å²) in [6.07, 6.45) is 4.90. The van der Waals surface area contributed by atoms with Crippen LogP contribution >= 0.6 is 0 Å². The van der Waals surface area contributed by atoms with E-state index in [1.807, 2.05) is 20.8 Å². The number of esters is 1. The molecule has 0 aromatic heterocycles. The van der Waals surface area contributed by atoms with E-state index in [1.54, 1.807) is 0 Å². The molecule has 4 N–H and O–H groups in total. The molecule has 94 valence electrons. The first kappa shape index (κ1) is 13.5. The fraction of sp³-hybridized carbons (Fsp3) is 0.917. The molecule has 1 aliphatic carbocycles. The third-order valence-corrected chi connectivity index (χ3v) is 3.06. The molecule has 1 atom stereocenters. The number of hydrogen-bond donors (Lipinski definition) is 2. The van der Waals surface area contributed by atoms with Gasteiger partial charge in [0.05, 0.1) is 0 Å². The summed E-state index contributed by atoms with van der Waals surface area (Å²) in [6.45, 7) is 5.51. The zero-order valence-electron chi connectivity index (χ0n) is 10.6. The molecule has 1 rings (SSSR count). The minimum atomic E-state index is -0.702. The molecule has 0 amide bonds. The van der Waals surface area contributed by atoms with Gasteiger partial charge in [0.1, 0.15) is 11.6 Å². The van der Waals surface area contributed by atoms with Gasteiger partial charge in [-0.05, 0) is 33.6 Å². The Morgan fingerprint density at radius 3 is 2.19 bits per heavy atom. The molecule has 1 saturated carbocycles. The van der Waals surface area contributed by atoms with E-state index in [0.717, 1.165) is 25.7 Å². The highest BCUT2D eigenvalue weighted by Crippen LogP contribution is 2.29. The lowest BCUT2D eigenvalue weighted by Crippen LogP contribution is -2.60. The van der Waals surface area contributed by atoms with Crippen molar-refractivity contribution < 1.29 is 9.53 Å². The number of carbonyl (C=O) groups is 1. The lowest BCUT2D eigenvalue weighted by atomic mass is 9.77. The lowest BCUT2D eigenvalue weighted by Gasteiger charge is -2.38. The minimum absolute atomic E-state index is 0.378. The first-order valence-electron chi connectivity index (χ1n) is 6.02.